The summed E-state index contributed by atoms with van der Waals surface area (Å²) in [6.45, 7) is 0. The van der Waals surface area contributed by atoms with Crippen molar-refractivity contribution in [2.75, 3.05) is 0 Å². The van der Waals surface area contributed by atoms with Crippen molar-refractivity contribution in [3.63, 3.8) is 0 Å². The molecular weight excluding hydrogens is 190 g/mol. The lowest BCUT2D eigenvalue weighted by Crippen LogP contribution is -2.01. The Labute approximate surface area is 86.4 Å². The highest BCUT2D eigenvalue weighted by Crippen LogP contribution is 2.20. The Bertz CT molecular complexity index is 523. The number of aldehydes is 1. The molecule has 3 nitrogen and oxygen atoms in total. The van der Waals surface area contributed by atoms with Crippen LogP contribution in [-0.4, -0.2) is 11.3 Å². The van der Waals surface area contributed by atoms with E-state index in [2.05, 4.69) is 4.98 Å². The summed E-state index contributed by atoms with van der Waals surface area (Å²) in [5.74, 6) is 0. The van der Waals surface area contributed by atoms with Gasteiger partial charge in [-0.25, -0.2) is 0 Å². The molecule has 1 heterocycles. The molecule has 0 unspecified atom stereocenters. The topological polar surface area (TPSA) is 49.9 Å². The van der Waals surface area contributed by atoms with E-state index in [4.69, 9.17) is 0 Å². The Morgan fingerprint density at radius 2 is 1.87 bits per heavy atom. The number of nitrogens with one attached hydrogen (secondary N) is 1. The molecule has 0 atom stereocenters. The van der Waals surface area contributed by atoms with E-state index in [-0.39, 0.29) is 5.56 Å². The summed E-state index contributed by atoms with van der Waals surface area (Å²) < 4.78 is 0. The predicted octanol–water partition coefficient (Wildman–Crippen LogP) is 1.85. The molecule has 0 fully saturated rings. The lowest BCUT2D eigenvalue weighted by atomic mass is 10.0. The zero-order valence-electron chi connectivity index (χ0n) is 7.94. The largest absolute Gasteiger partial charge is 0.328 e. The molecule has 0 saturated carbocycles. The number of rotatable bonds is 2. The van der Waals surface area contributed by atoms with Gasteiger partial charge in [0.05, 0.1) is 0 Å². The molecule has 0 amide bonds. The van der Waals surface area contributed by atoms with Gasteiger partial charge in [-0.05, 0) is 17.2 Å². The van der Waals surface area contributed by atoms with Gasteiger partial charge in [0.2, 0.25) is 5.56 Å². The van der Waals surface area contributed by atoms with Crippen LogP contribution in [0, 0.1) is 0 Å². The molecular formula is C12H9NO2. The minimum atomic E-state index is -0.151. The molecule has 0 saturated heterocycles. The third kappa shape index (κ3) is 1.86. The van der Waals surface area contributed by atoms with Gasteiger partial charge in [0.25, 0.3) is 0 Å². The van der Waals surface area contributed by atoms with E-state index in [1.165, 1.54) is 6.07 Å². The van der Waals surface area contributed by atoms with Crippen LogP contribution < -0.4 is 5.56 Å². The van der Waals surface area contributed by atoms with Gasteiger partial charge in [0.1, 0.15) is 0 Å². The van der Waals surface area contributed by atoms with Gasteiger partial charge in [-0.3, -0.25) is 9.59 Å². The van der Waals surface area contributed by atoms with Crippen molar-refractivity contribution in [1.82, 2.24) is 4.98 Å². The fourth-order valence-corrected chi connectivity index (χ4v) is 1.44. The number of aromatic amines is 1. The average molecular weight is 199 g/mol. The van der Waals surface area contributed by atoms with Gasteiger partial charge >= 0.3 is 0 Å². The monoisotopic (exact) mass is 199 g/mol. The Hall–Kier alpha value is -2.16. The summed E-state index contributed by atoms with van der Waals surface area (Å²) in [7, 11) is 0. The molecule has 0 aliphatic carbocycles. The molecule has 1 aromatic heterocycles. The van der Waals surface area contributed by atoms with Gasteiger partial charge in [-0.1, -0.05) is 24.3 Å². The molecule has 1 N–H and O–H groups in total. The average Bonchev–Trinajstić information content (AvgIpc) is 2.30. The van der Waals surface area contributed by atoms with Crippen LogP contribution in [0.15, 0.2) is 47.4 Å². The van der Waals surface area contributed by atoms with Crippen LogP contribution >= 0.6 is 0 Å². The quantitative estimate of drug-likeness (QED) is 0.750. The van der Waals surface area contributed by atoms with Crippen molar-refractivity contribution in [2.45, 2.75) is 0 Å². The van der Waals surface area contributed by atoms with Crippen molar-refractivity contribution >= 4 is 6.29 Å². The number of carbonyl (C=O) groups is 1. The van der Waals surface area contributed by atoms with Gasteiger partial charge in [0, 0.05) is 17.8 Å². The summed E-state index contributed by atoms with van der Waals surface area (Å²) >= 11 is 0. The van der Waals surface area contributed by atoms with Crippen LogP contribution in [0.4, 0.5) is 0 Å². The zero-order chi connectivity index (χ0) is 10.7. The van der Waals surface area contributed by atoms with Crippen molar-refractivity contribution in [3.8, 4) is 11.1 Å². The number of carbonyl (C=O) groups excluding carboxylic acids is 1. The molecule has 74 valence electrons. The Kier molecular flexibility index (Phi) is 2.46. The smallest absolute Gasteiger partial charge is 0.247 e. The van der Waals surface area contributed by atoms with Crippen LogP contribution in [0.3, 0.4) is 0 Å². The van der Waals surface area contributed by atoms with E-state index >= 15 is 0 Å². The summed E-state index contributed by atoms with van der Waals surface area (Å²) in [5, 5.41) is 0. The minimum absolute atomic E-state index is 0.151. The van der Waals surface area contributed by atoms with E-state index in [9.17, 15) is 9.59 Å². The van der Waals surface area contributed by atoms with Crippen LogP contribution in [0.1, 0.15) is 10.4 Å². The highest BCUT2D eigenvalue weighted by Gasteiger charge is 2.02. The number of hydrogen-bond acceptors (Lipinski definition) is 2. The molecule has 0 aliphatic rings. The Balaban J connectivity index is 2.58. The van der Waals surface area contributed by atoms with Crippen LogP contribution in [-0.2, 0) is 0 Å². The highest BCUT2D eigenvalue weighted by atomic mass is 16.1. The third-order valence-corrected chi connectivity index (χ3v) is 2.18. The van der Waals surface area contributed by atoms with Crippen LogP contribution in [0.5, 0.6) is 0 Å². The normalized spacial score (nSPS) is 9.87. The first kappa shape index (κ1) is 9.40. The summed E-state index contributed by atoms with van der Waals surface area (Å²) in [6.07, 6.45) is 2.41. The predicted molar refractivity (Wildman–Crippen MR) is 57.9 cm³/mol. The molecule has 0 radical (unpaired) electrons. The van der Waals surface area contributed by atoms with Crippen molar-refractivity contribution in [3.05, 3.63) is 58.5 Å². The van der Waals surface area contributed by atoms with Gasteiger partial charge < -0.3 is 4.98 Å². The SMILES string of the molecule is O=Cc1ccccc1-c1ccc(=O)[nH]c1. The molecule has 0 bridgehead atoms. The molecule has 1 aromatic carbocycles. The third-order valence-electron chi connectivity index (χ3n) is 2.18. The van der Waals surface area contributed by atoms with Crippen molar-refractivity contribution in [2.24, 2.45) is 0 Å². The van der Waals surface area contributed by atoms with Crippen LogP contribution in [0.25, 0.3) is 11.1 Å². The number of pyridine rings is 1. The first-order valence-corrected chi connectivity index (χ1v) is 4.54. The molecule has 0 aliphatic heterocycles. The Morgan fingerprint density at radius 3 is 2.53 bits per heavy atom. The maximum Gasteiger partial charge on any atom is 0.247 e. The highest BCUT2D eigenvalue weighted by molar-refractivity contribution is 5.87. The number of aromatic nitrogens is 1. The first-order valence-electron chi connectivity index (χ1n) is 4.54. The second-order valence-electron chi connectivity index (χ2n) is 3.15. The van der Waals surface area contributed by atoms with Gasteiger partial charge in [-0.15, -0.1) is 0 Å². The first-order chi connectivity index (χ1) is 7.31. The lowest BCUT2D eigenvalue weighted by Gasteiger charge is -2.03. The fourth-order valence-electron chi connectivity index (χ4n) is 1.44. The lowest BCUT2D eigenvalue weighted by molar-refractivity contribution is 0.112. The van der Waals surface area contributed by atoms with Gasteiger partial charge in [0.15, 0.2) is 6.29 Å². The number of hydrogen-bond donors (Lipinski definition) is 1. The maximum absolute atomic E-state index is 10.9. The molecule has 0 spiro atoms. The maximum atomic E-state index is 10.9. The summed E-state index contributed by atoms with van der Waals surface area (Å²) in [6, 6.07) is 10.4. The summed E-state index contributed by atoms with van der Waals surface area (Å²) in [5.41, 5.74) is 2.12. The molecule has 3 heteroatoms. The number of H-pyrrole nitrogens is 1. The van der Waals surface area contributed by atoms with E-state index in [1.54, 1.807) is 24.4 Å². The second kappa shape index (κ2) is 3.92. The van der Waals surface area contributed by atoms with Crippen molar-refractivity contribution < 1.29 is 4.79 Å². The van der Waals surface area contributed by atoms with E-state index in [1.807, 2.05) is 12.1 Å². The summed E-state index contributed by atoms with van der Waals surface area (Å²) in [4.78, 5) is 24.3. The zero-order valence-corrected chi connectivity index (χ0v) is 7.94. The minimum Gasteiger partial charge on any atom is -0.328 e. The van der Waals surface area contributed by atoms with Crippen molar-refractivity contribution in [1.29, 1.82) is 0 Å². The van der Waals surface area contributed by atoms with Gasteiger partial charge in [-0.2, -0.15) is 0 Å². The van der Waals surface area contributed by atoms with Crippen LogP contribution in [0.2, 0.25) is 0 Å². The second-order valence-corrected chi connectivity index (χ2v) is 3.15. The fraction of sp³-hybridized carbons (Fsp3) is 0. The standard InChI is InChI=1S/C12H9NO2/c14-8-10-3-1-2-4-11(10)9-5-6-12(15)13-7-9/h1-8H,(H,13,15). The van der Waals surface area contributed by atoms with E-state index in [0.717, 1.165) is 17.4 Å². The molecule has 15 heavy (non-hydrogen) atoms. The van der Waals surface area contributed by atoms with E-state index in [0.29, 0.717) is 5.56 Å². The molecule has 2 aromatic rings. The Morgan fingerprint density at radius 1 is 1.07 bits per heavy atom. The number of benzene rings is 1. The van der Waals surface area contributed by atoms with E-state index < -0.39 is 0 Å². The molecule has 2 rings (SSSR count).